The fourth-order valence-corrected chi connectivity index (χ4v) is 1.23. The van der Waals surface area contributed by atoms with E-state index < -0.39 is 11.9 Å². The molecule has 2 nitrogen and oxygen atoms in total. The number of fused-ring (bicyclic) bond motifs is 1. The van der Waals surface area contributed by atoms with Gasteiger partial charge in [-0.2, -0.15) is 13.2 Å². The molecule has 74 valence electrons. The molecule has 0 atom stereocenters. The van der Waals surface area contributed by atoms with Crippen LogP contribution in [-0.2, 0) is 6.18 Å². The van der Waals surface area contributed by atoms with E-state index in [1.54, 1.807) is 6.07 Å². The average molecular weight is 201 g/mol. The van der Waals surface area contributed by atoms with Crippen molar-refractivity contribution in [2.24, 2.45) is 0 Å². The molecule has 1 aromatic heterocycles. The highest BCUT2D eigenvalue weighted by molar-refractivity contribution is 5.88. The van der Waals surface area contributed by atoms with E-state index in [1.165, 1.54) is 12.1 Å². The molecule has 0 unspecified atom stereocenters. The minimum Gasteiger partial charge on any atom is -0.449 e. The molecule has 0 radical (unpaired) electrons. The summed E-state index contributed by atoms with van der Waals surface area (Å²) < 4.78 is 41.3. The van der Waals surface area contributed by atoms with Crippen molar-refractivity contribution in [1.29, 1.82) is 0 Å². The van der Waals surface area contributed by atoms with Crippen LogP contribution in [0.2, 0.25) is 0 Å². The number of halogens is 3. The van der Waals surface area contributed by atoms with Gasteiger partial charge in [-0.25, -0.2) is 0 Å². The highest BCUT2D eigenvalue weighted by Gasteiger charge is 2.35. The fourth-order valence-electron chi connectivity index (χ4n) is 1.23. The molecule has 0 saturated heterocycles. The van der Waals surface area contributed by atoms with Gasteiger partial charge in [0.1, 0.15) is 0 Å². The van der Waals surface area contributed by atoms with Crippen LogP contribution in [0.5, 0.6) is 0 Å². The topological polar surface area (TPSA) is 39.2 Å². The van der Waals surface area contributed by atoms with Crippen LogP contribution < -0.4 is 5.73 Å². The first-order chi connectivity index (χ1) is 6.48. The van der Waals surface area contributed by atoms with Gasteiger partial charge in [0.15, 0.2) is 5.58 Å². The van der Waals surface area contributed by atoms with Crippen molar-refractivity contribution in [1.82, 2.24) is 0 Å². The van der Waals surface area contributed by atoms with Crippen molar-refractivity contribution in [2.75, 3.05) is 5.73 Å². The molecule has 1 aromatic carbocycles. The van der Waals surface area contributed by atoms with E-state index in [1.807, 2.05) is 0 Å². The number of hydrogen-bond acceptors (Lipinski definition) is 2. The maximum absolute atomic E-state index is 12.2. The number of rotatable bonds is 0. The van der Waals surface area contributed by atoms with E-state index >= 15 is 0 Å². The molecule has 0 spiro atoms. The van der Waals surface area contributed by atoms with Gasteiger partial charge in [-0.3, -0.25) is 0 Å². The molecule has 0 bridgehead atoms. The molecule has 2 N–H and O–H groups in total. The largest absolute Gasteiger partial charge is 0.449 e. The summed E-state index contributed by atoms with van der Waals surface area (Å²) in [4.78, 5) is 0. The summed E-state index contributed by atoms with van der Waals surface area (Å²) in [5.41, 5.74) is 5.74. The third-order valence-corrected chi connectivity index (χ3v) is 1.85. The van der Waals surface area contributed by atoms with E-state index in [4.69, 9.17) is 5.73 Å². The summed E-state index contributed by atoms with van der Waals surface area (Å²) >= 11 is 0. The number of benzene rings is 1. The molecule has 0 aliphatic carbocycles. The lowest BCUT2D eigenvalue weighted by Crippen LogP contribution is -2.01. The van der Waals surface area contributed by atoms with E-state index in [0.29, 0.717) is 5.39 Å². The lowest BCUT2D eigenvalue weighted by Gasteiger charge is -1.99. The number of furan rings is 1. The summed E-state index contributed by atoms with van der Waals surface area (Å²) in [6.45, 7) is 0. The first kappa shape index (κ1) is 8.93. The van der Waals surface area contributed by atoms with Crippen LogP contribution in [0, 0.1) is 0 Å². The maximum Gasteiger partial charge on any atom is 0.449 e. The van der Waals surface area contributed by atoms with Crippen LogP contribution in [0.15, 0.2) is 28.7 Å². The Morgan fingerprint density at radius 2 is 1.93 bits per heavy atom. The van der Waals surface area contributed by atoms with Gasteiger partial charge in [-0.05, 0) is 12.1 Å². The van der Waals surface area contributed by atoms with Gasteiger partial charge in [-0.15, -0.1) is 0 Å². The van der Waals surface area contributed by atoms with Crippen molar-refractivity contribution >= 4 is 16.7 Å². The quantitative estimate of drug-likeness (QED) is 0.665. The number of nitrogen functional groups attached to an aromatic ring is 1. The molecular formula is C9H6F3NO. The Kier molecular flexibility index (Phi) is 1.70. The predicted molar refractivity (Wildman–Crippen MR) is 45.6 cm³/mol. The Bertz CT molecular complexity index is 472. The summed E-state index contributed by atoms with van der Waals surface area (Å²) in [6.07, 6.45) is -4.47. The van der Waals surface area contributed by atoms with Gasteiger partial charge in [0.25, 0.3) is 0 Å². The average Bonchev–Trinajstić information content (AvgIpc) is 2.48. The van der Waals surface area contributed by atoms with E-state index in [2.05, 4.69) is 4.42 Å². The van der Waals surface area contributed by atoms with Gasteiger partial charge in [0, 0.05) is 5.39 Å². The summed E-state index contributed by atoms with van der Waals surface area (Å²) in [5.74, 6) is -1.02. The Labute approximate surface area is 77.1 Å². The van der Waals surface area contributed by atoms with Crippen LogP contribution in [0.1, 0.15) is 5.76 Å². The Morgan fingerprint density at radius 1 is 1.21 bits per heavy atom. The standard InChI is InChI=1S/C9H6F3NO/c10-9(11,12)7-4-5-2-1-3-6(13)8(5)14-7/h1-4H,13H2. The van der Waals surface area contributed by atoms with Gasteiger partial charge in [-0.1, -0.05) is 12.1 Å². The van der Waals surface area contributed by atoms with Gasteiger partial charge in [0.05, 0.1) is 5.69 Å². The van der Waals surface area contributed by atoms with Gasteiger partial charge in [0.2, 0.25) is 5.76 Å². The minimum absolute atomic E-state index is 0.0832. The second-order valence-corrected chi connectivity index (χ2v) is 2.87. The first-order valence-corrected chi connectivity index (χ1v) is 3.84. The SMILES string of the molecule is Nc1cccc2cc(C(F)(F)F)oc12. The monoisotopic (exact) mass is 201 g/mol. The number of anilines is 1. The second kappa shape index (κ2) is 2.67. The number of para-hydroxylation sites is 1. The van der Waals surface area contributed by atoms with Crippen LogP contribution in [-0.4, -0.2) is 0 Å². The molecule has 0 aliphatic rings. The minimum atomic E-state index is -4.47. The lowest BCUT2D eigenvalue weighted by atomic mass is 10.2. The van der Waals surface area contributed by atoms with Crippen molar-refractivity contribution in [3.8, 4) is 0 Å². The second-order valence-electron chi connectivity index (χ2n) is 2.87. The summed E-state index contributed by atoms with van der Waals surface area (Å²) in [7, 11) is 0. The molecule has 0 saturated carbocycles. The summed E-state index contributed by atoms with van der Waals surface area (Å²) in [5, 5.41) is 0.359. The van der Waals surface area contributed by atoms with Crippen molar-refractivity contribution in [2.45, 2.75) is 6.18 Å². The molecule has 0 fully saturated rings. The number of alkyl halides is 3. The van der Waals surface area contributed by atoms with Crippen molar-refractivity contribution in [3.63, 3.8) is 0 Å². The van der Waals surface area contributed by atoms with Crippen LogP contribution >= 0.6 is 0 Å². The normalized spacial score (nSPS) is 12.2. The number of nitrogens with two attached hydrogens (primary N) is 1. The number of hydrogen-bond donors (Lipinski definition) is 1. The predicted octanol–water partition coefficient (Wildman–Crippen LogP) is 3.03. The van der Waals surface area contributed by atoms with E-state index in [-0.39, 0.29) is 11.3 Å². The third kappa shape index (κ3) is 1.30. The fraction of sp³-hybridized carbons (Fsp3) is 0.111. The molecule has 5 heteroatoms. The zero-order valence-electron chi connectivity index (χ0n) is 6.93. The van der Waals surface area contributed by atoms with Crippen molar-refractivity contribution < 1.29 is 17.6 Å². The Morgan fingerprint density at radius 3 is 2.50 bits per heavy atom. The molecule has 1 heterocycles. The van der Waals surface area contributed by atoms with Crippen molar-refractivity contribution in [3.05, 3.63) is 30.0 Å². The maximum atomic E-state index is 12.2. The van der Waals surface area contributed by atoms with E-state index in [9.17, 15) is 13.2 Å². The summed E-state index contributed by atoms with van der Waals surface area (Å²) in [6, 6.07) is 5.52. The highest BCUT2D eigenvalue weighted by atomic mass is 19.4. The molecule has 0 aliphatic heterocycles. The zero-order valence-corrected chi connectivity index (χ0v) is 6.93. The van der Waals surface area contributed by atoms with Gasteiger partial charge >= 0.3 is 6.18 Å². The van der Waals surface area contributed by atoms with Crippen LogP contribution in [0.3, 0.4) is 0 Å². The molecule has 2 aromatic rings. The smallest absolute Gasteiger partial charge is 0.449 e. The Balaban J connectivity index is 2.69. The zero-order chi connectivity index (χ0) is 10.3. The first-order valence-electron chi connectivity index (χ1n) is 3.84. The van der Waals surface area contributed by atoms with Crippen LogP contribution in [0.25, 0.3) is 11.0 Å². The van der Waals surface area contributed by atoms with E-state index in [0.717, 1.165) is 6.07 Å². The van der Waals surface area contributed by atoms with Crippen LogP contribution in [0.4, 0.5) is 18.9 Å². The molecule has 0 amide bonds. The third-order valence-electron chi connectivity index (χ3n) is 1.85. The Hall–Kier alpha value is -1.65. The molecule has 2 rings (SSSR count). The highest BCUT2D eigenvalue weighted by Crippen LogP contribution is 2.35. The van der Waals surface area contributed by atoms with Gasteiger partial charge < -0.3 is 10.2 Å². The molecule has 14 heavy (non-hydrogen) atoms. The molecular weight excluding hydrogens is 195 g/mol. The lowest BCUT2D eigenvalue weighted by molar-refractivity contribution is -0.152.